The average molecular weight is 276 g/mol. The maximum Gasteiger partial charge on any atom is 0.236 e. The van der Waals surface area contributed by atoms with Gasteiger partial charge in [-0.1, -0.05) is 36.8 Å². The molecule has 1 atom stereocenters. The van der Waals surface area contributed by atoms with Crippen LogP contribution < -0.4 is 0 Å². The van der Waals surface area contributed by atoms with Gasteiger partial charge >= 0.3 is 0 Å². The molecule has 0 aromatic heterocycles. The molecule has 1 aromatic carbocycles. The summed E-state index contributed by atoms with van der Waals surface area (Å²) in [4.78, 5) is 16.2. The Morgan fingerprint density at radius 1 is 1.35 bits per heavy atom. The Balaban J connectivity index is 1.87. The number of rotatable bonds is 5. The Labute approximate surface area is 121 Å². The van der Waals surface area contributed by atoms with E-state index in [0.29, 0.717) is 13.1 Å². The van der Waals surface area contributed by atoms with E-state index in [-0.39, 0.29) is 18.6 Å². The number of hydrogen-bond acceptors (Lipinski definition) is 3. The number of likely N-dealkylation sites (N-methyl/N-ethyl adjacent to an activating group) is 1. The van der Waals surface area contributed by atoms with Crippen molar-refractivity contribution in [2.75, 3.05) is 26.7 Å². The predicted molar refractivity (Wildman–Crippen MR) is 79.2 cm³/mol. The third-order valence-corrected chi connectivity index (χ3v) is 3.99. The summed E-state index contributed by atoms with van der Waals surface area (Å²) in [6.07, 6.45) is 3.26. The van der Waals surface area contributed by atoms with Gasteiger partial charge in [-0.05, 0) is 24.9 Å². The molecule has 0 saturated carbocycles. The van der Waals surface area contributed by atoms with Crippen LogP contribution in [-0.4, -0.2) is 53.6 Å². The number of nitrogens with zero attached hydrogens (tertiary/aromatic N) is 2. The van der Waals surface area contributed by atoms with E-state index >= 15 is 0 Å². The van der Waals surface area contributed by atoms with E-state index < -0.39 is 0 Å². The van der Waals surface area contributed by atoms with Crippen molar-refractivity contribution < 1.29 is 9.90 Å². The molecular weight excluding hydrogens is 252 g/mol. The summed E-state index contributed by atoms with van der Waals surface area (Å²) in [6, 6.07) is 10.2. The van der Waals surface area contributed by atoms with Gasteiger partial charge in [-0.25, -0.2) is 0 Å². The summed E-state index contributed by atoms with van der Waals surface area (Å²) < 4.78 is 0. The zero-order chi connectivity index (χ0) is 14.4. The monoisotopic (exact) mass is 276 g/mol. The van der Waals surface area contributed by atoms with E-state index in [1.54, 1.807) is 4.90 Å². The van der Waals surface area contributed by atoms with Crippen LogP contribution in [-0.2, 0) is 11.3 Å². The van der Waals surface area contributed by atoms with Crippen LogP contribution in [0.4, 0.5) is 0 Å². The molecule has 1 amide bonds. The van der Waals surface area contributed by atoms with Crippen molar-refractivity contribution in [2.24, 2.45) is 0 Å². The minimum atomic E-state index is 0.120. The van der Waals surface area contributed by atoms with Crippen LogP contribution in [0.2, 0.25) is 0 Å². The maximum atomic E-state index is 12.3. The number of carbonyl (C=O) groups is 1. The number of benzene rings is 1. The van der Waals surface area contributed by atoms with Crippen molar-refractivity contribution in [1.82, 2.24) is 9.80 Å². The highest BCUT2D eigenvalue weighted by molar-refractivity contribution is 5.78. The van der Waals surface area contributed by atoms with Crippen LogP contribution >= 0.6 is 0 Å². The van der Waals surface area contributed by atoms with Gasteiger partial charge in [-0.15, -0.1) is 0 Å². The molecule has 20 heavy (non-hydrogen) atoms. The average Bonchev–Trinajstić information content (AvgIpc) is 2.48. The van der Waals surface area contributed by atoms with Gasteiger partial charge in [0.1, 0.15) is 0 Å². The summed E-state index contributed by atoms with van der Waals surface area (Å²) in [6.45, 7) is 2.11. The van der Waals surface area contributed by atoms with Crippen LogP contribution in [0.15, 0.2) is 30.3 Å². The standard InChI is InChI=1S/C16H24N2O2/c1-17(11-14-7-3-2-4-8-14)16(20)12-18-10-6-5-9-15(18)13-19/h2-4,7-8,15,19H,5-6,9-13H2,1H3. The summed E-state index contributed by atoms with van der Waals surface area (Å²) in [5, 5.41) is 9.38. The lowest BCUT2D eigenvalue weighted by molar-refractivity contribution is -0.132. The Morgan fingerprint density at radius 3 is 2.80 bits per heavy atom. The van der Waals surface area contributed by atoms with Gasteiger partial charge in [-0.2, -0.15) is 0 Å². The highest BCUT2D eigenvalue weighted by Gasteiger charge is 2.24. The van der Waals surface area contributed by atoms with Crippen LogP contribution in [0.3, 0.4) is 0 Å². The third kappa shape index (κ3) is 4.05. The minimum Gasteiger partial charge on any atom is -0.395 e. The highest BCUT2D eigenvalue weighted by atomic mass is 16.3. The normalized spacial score (nSPS) is 19.8. The molecule has 110 valence electrons. The molecule has 4 heteroatoms. The Kier molecular flexibility index (Phi) is 5.56. The Bertz CT molecular complexity index is 422. The second-order valence-electron chi connectivity index (χ2n) is 5.54. The molecule has 1 aromatic rings. The molecule has 2 rings (SSSR count). The number of piperidine rings is 1. The lowest BCUT2D eigenvalue weighted by Crippen LogP contribution is -2.47. The van der Waals surface area contributed by atoms with E-state index in [4.69, 9.17) is 0 Å². The van der Waals surface area contributed by atoms with Crippen molar-refractivity contribution in [3.63, 3.8) is 0 Å². The molecule has 1 aliphatic heterocycles. The lowest BCUT2D eigenvalue weighted by Gasteiger charge is -2.34. The molecule has 1 saturated heterocycles. The van der Waals surface area contributed by atoms with Gasteiger partial charge in [0.05, 0.1) is 13.2 Å². The SMILES string of the molecule is CN(Cc1ccccc1)C(=O)CN1CCCCC1CO. The second-order valence-corrected chi connectivity index (χ2v) is 5.54. The van der Waals surface area contributed by atoms with Gasteiger partial charge in [0, 0.05) is 19.6 Å². The summed E-state index contributed by atoms with van der Waals surface area (Å²) >= 11 is 0. The number of amides is 1. The van der Waals surface area contributed by atoms with Gasteiger partial charge in [0.2, 0.25) is 5.91 Å². The molecule has 0 spiro atoms. The first-order chi connectivity index (χ1) is 9.70. The molecule has 1 heterocycles. The quantitative estimate of drug-likeness (QED) is 0.886. The molecule has 1 fully saturated rings. The molecule has 4 nitrogen and oxygen atoms in total. The van der Waals surface area contributed by atoms with Gasteiger partial charge < -0.3 is 10.0 Å². The van der Waals surface area contributed by atoms with Gasteiger partial charge in [0.15, 0.2) is 0 Å². The van der Waals surface area contributed by atoms with Crippen molar-refractivity contribution in [2.45, 2.75) is 31.8 Å². The lowest BCUT2D eigenvalue weighted by atomic mass is 10.0. The second kappa shape index (κ2) is 7.41. The Hall–Kier alpha value is -1.39. The molecule has 1 aliphatic rings. The van der Waals surface area contributed by atoms with Crippen molar-refractivity contribution in [3.05, 3.63) is 35.9 Å². The first-order valence-corrected chi connectivity index (χ1v) is 7.33. The maximum absolute atomic E-state index is 12.3. The zero-order valence-corrected chi connectivity index (χ0v) is 12.2. The zero-order valence-electron chi connectivity index (χ0n) is 12.2. The largest absolute Gasteiger partial charge is 0.395 e. The number of likely N-dealkylation sites (tertiary alicyclic amines) is 1. The van der Waals surface area contributed by atoms with Crippen LogP contribution in [0.1, 0.15) is 24.8 Å². The van der Waals surface area contributed by atoms with E-state index in [0.717, 1.165) is 31.4 Å². The van der Waals surface area contributed by atoms with E-state index in [2.05, 4.69) is 4.90 Å². The van der Waals surface area contributed by atoms with Crippen LogP contribution in [0.25, 0.3) is 0 Å². The predicted octanol–water partition coefficient (Wildman–Crippen LogP) is 1.49. The molecule has 0 bridgehead atoms. The number of carbonyl (C=O) groups excluding carboxylic acids is 1. The fourth-order valence-electron chi connectivity index (χ4n) is 2.71. The van der Waals surface area contributed by atoms with Crippen LogP contribution in [0.5, 0.6) is 0 Å². The van der Waals surface area contributed by atoms with Gasteiger partial charge in [-0.3, -0.25) is 9.69 Å². The smallest absolute Gasteiger partial charge is 0.236 e. The van der Waals surface area contributed by atoms with E-state index in [9.17, 15) is 9.90 Å². The van der Waals surface area contributed by atoms with Crippen molar-refractivity contribution >= 4 is 5.91 Å². The summed E-state index contributed by atoms with van der Waals surface area (Å²) in [7, 11) is 1.84. The van der Waals surface area contributed by atoms with E-state index in [1.165, 1.54) is 0 Å². The first kappa shape index (κ1) is 15.0. The topological polar surface area (TPSA) is 43.8 Å². The first-order valence-electron chi connectivity index (χ1n) is 7.33. The van der Waals surface area contributed by atoms with E-state index in [1.807, 2.05) is 37.4 Å². The minimum absolute atomic E-state index is 0.120. The number of aliphatic hydroxyl groups excluding tert-OH is 1. The van der Waals surface area contributed by atoms with Crippen LogP contribution in [0, 0.1) is 0 Å². The highest BCUT2D eigenvalue weighted by Crippen LogP contribution is 2.16. The van der Waals surface area contributed by atoms with Crippen molar-refractivity contribution in [1.29, 1.82) is 0 Å². The summed E-state index contributed by atoms with van der Waals surface area (Å²) in [5.41, 5.74) is 1.14. The number of aliphatic hydroxyl groups is 1. The van der Waals surface area contributed by atoms with Gasteiger partial charge in [0.25, 0.3) is 0 Å². The summed E-state index contributed by atoms with van der Waals surface area (Å²) in [5.74, 6) is 0.120. The molecule has 0 radical (unpaired) electrons. The Morgan fingerprint density at radius 2 is 2.10 bits per heavy atom. The molecule has 1 N–H and O–H groups in total. The fourth-order valence-corrected chi connectivity index (χ4v) is 2.71. The molecular formula is C16H24N2O2. The molecule has 0 aliphatic carbocycles. The third-order valence-electron chi connectivity index (χ3n) is 3.99. The number of hydrogen-bond donors (Lipinski definition) is 1. The fraction of sp³-hybridized carbons (Fsp3) is 0.562. The molecule has 1 unspecified atom stereocenters. The van der Waals surface area contributed by atoms with Crippen molar-refractivity contribution in [3.8, 4) is 0 Å².